The molecule has 29 heavy (non-hydrogen) atoms. The van der Waals surface area contributed by atoms with Crippen LogP contribution in [0.4, 0.5) is 5.69 Å². The summed E-state index contributed by atoms with van der Waals surface area (Å²) in [4.78, 5) is 0.220. The highest BCUT2D eigenvalue weighted by Gasteiger charge is 2.21. The molecule has 0 radical (unpaired) electrons. The quantitative estimate of drug-likeness (QED) is 0.516. The molecule has 1 N–H and O–H groups in total. The molecule has 6 nitrogen and oxygen atoms in total. The maximum atomic E-state index is 13.3. The van der Waals surface area contributed by atoms with E-state index < -0.39 is 10.0 Å². The number of anilines is 1. The van der Waals surface area contributed by atoms with Crippen molar-refractivity contribution in [2.24, 2.45) is 0 Å². The number of sulfonamides is 1. The van der Waals surface area contributed by atoms with Crippen molar-refractivity contribution in [2.45, 2.75) is 18.4 Å². The Balaban J connectivity index is 1.78. The first kappa shape index (κ1) is 18.9. The number of nitrogens with zero attached hydrogens (tertiary/aromatic N) is 3. The van der Waals surface area contributed by atoms with Gasteiger partial charge >= 0.3 is 0 Å². The highest BCUT2D eigenvalue weighted by atomic mass is 32.2. The number of rotatable bonds is 6. The molecule has 3 aromatic carbocycles. The lowest BCUT2D eigenvalue weighted by Crippen LogP contribution is -2.15. The molecule has 1 aromatic heterocycles. The fraction of sp³-hybridized carbons (Fsp3) is 0.0909. The summed E-state index contributed by atoms with van der Waals surface area (Å²) < 4.78 is 31.2. The minimum absolute atomic E-state index is 0.220. The van der Waals surface area contributed by atoms with Gasteiger partial charge in [-0.25, -0.2) is 8.42 Å². The van der Waals surface area contributed by atoms with Crippen LogP contribution in [-0.2, 0) is 16.6 Å². The van der Waals surface area contributed by atoms with E-state index in [1.165, 1.54) is 0 Å². The summed E-state index contributed by atoms with van der Waals surface area (Å²) in [6.07, 6.45) is 1.63. The summed E-state index contributed by atoms with van der Waals surface area (Å²) in [6, 6.07) is 23.6. The first-order valence-electron chi connectivity index (χ1n) is 9.24. The zero-order chi connectivity index (χ0) is 20.3. The van der Waals surface area contributed by atoms with Gasteiger partial charge in [-0.15, -0.1) is 10.2 Å². The number of hydrogen-bond donors (Lipinski definition) is 1. The Morgan fingerprint density at radius 3 is 2.28 bits per heavy atom. The Morgan fingerprint density at radius 1 is 0.862 bits per heavy atom. The van der Waals surface area contributed by atoms with Gasteiger partial charge in [-0.05, 0) is 30.7 Å². The van der Waals surface area contributed by atoms with Crippen LogP contribution in [0.25, 0.3) is 22.5 Å². The fourth-order valence-corrected chi connectivity index (χ4v) is 4.53. The maximum Gasteiger partial charge on any atom is 0.262 e. The van der Waals surface area contributed by atoms with E-state index in [0.717, 1.165) is 5.56 Å². The van der Waals surface area contributed by atoms with Gasteiger partial charge in [0.1, 0.15) is 6.33 Å². The van der Waals surface area contributed by atoms with Crippen LogP contribution in [0, 0.1) is 0 Å². The van der Waals surface area contributed by atoms with Crippen molar-refractivity contribution in [3.05, 3.63) is 85.2 Å². The van der Waals surface area contributed by atoms with Gasteiger partial charge in [-0.2, -0.15) is 0 Å². The molecule has 0 bridgehead atoms. The van der Waals surface area contributed by atoms with E-state index in [0.29, 0.717) is 29.2 Å². The Labute approximate surface area is 169 Å². The van der Waals surface area contributed by atoms with Crippen LogP contribution in [0.2, 0.25) is 0 Å². The molecule has 0 aliphatic rings. The molecule has 0 spiro atoms. The molecule has 0 atom stereocenters. The lowest BCUT2D eigenvalue weighted by molar-refractivity contribution is 0.601. The average Bonchev–Trinajstić information content (AvgIpc) is 3.23. The third-order valence-corrected chi connectivity index (χ3v) is 6.05. The van der Waals surface area contributed by atoms with E-state index in [9.17, 15) is 8.42 Å². The minimum atomic E-state index is -3.83. The number of para-hydroxylation sites is 1. The van der Waals surface area contributed by atoms with Gasteiger partial charge < -0.3 is 4.57 Å². The smallest absolute Gasteiger partial charge is 0.262 e. The maximum absolute atomic E-state index is 13.3. The first-order chi connectivity index (χ1) is 14.1. The molecule has 0 unspecified atom stereocenters. The van der Waals surface area contributed by atoms with Crippen LogP contribution in [-0.4, -0.2) is 23.2 Å². The Morgan fingerprint density at radius 2 is 1.52 bits per heavy atom. The van der Waals surface area contributed by atoms with Crippen molar-refractivity contribution in [3.8, 4) is 22.5 Å². The summed E-state index contributed by atoms with van der Waals surface area (Å²) in [5.41, 5.74) is 2.62. The van der Waals surface area contributed by atoms with E-state index in [1.54, 1.807) is 30.6 Å². The molecule has 7 heteroatoms. The van der Waals surface area contributed by atoms with Crippen LogP contribution in [0.15, 0.2) is 90.1 Å². The molecule has 4 rings (SSSR count). The molecular formula is C22H20N4O2S. The van der Waals surface area contributed by atoms with Crippen LogP contribution >= 0.6 is 0 Å². The molecule has 0 saturated carbocycles. The van der Waals surface area contributed by atoms with Crippen LogP contribution in [0.1, 0.15) is 6.92 Å². The van der Waals surface area contributed by atoms with Gasteiger partial charge in [0.25, 0.3) is 10.0 Å². The largest absolute Gasteiger partial charge is 0.314 e. The average molecular weight is 404 g/mol. The topological polar surface area (TPSA) is 76.9 Å². The zero-order valence-corrected chi connectivity index (χ0v) is 16.7. The third-order valence-electron chi connectivity index (χ3n) is 4.63. The van der Waals surface area contributed by atoms with Crippen LogP contribution < -0.4 is 4.72 Å². The molecule has 0 fully saturated rings. The molecular weight excluding hydrogens is 384 g/mol. The summed E-state index contributed by atoms with van der Waals surface area (Å²) in [5.74, 6) is 0.613. The normalized spacial score (nSPS) is 11.3. The van der Waals surface area contributed by atoms with Crippen molar-refractivity contribution < 1.29 is 8.42 Å². The van der Waals surface area contributed by atoms with E-state index in [4.69, 9.17) is 0 Å². The zero-order valence-electron chi connectivity index (χ0n) is 15.9. The number of nitrogens with one attached hydrogen (secondary N) is 1. The van der Waals surface area contributed by atoms with Gasteiger partial charge in [-0.1, -0.05) is 60.7 Å². The second-order valence-electron chi connectivity index (χ2n) is 6.45. The Bertz CT molecular complexity index is 1230. The van der Waals surface area contributed by atoms with E-state index >= 15 is 0 Å². The van der Waals surface area contributed by atoms with Gasteiger partial charge in [0.15, 0.2) is 5.82 Å². The SMILES string of the molecule is CCn1cnnc1-c1ccccc1NS(=O)(=O)c1ccccc1-c1ccccc1. The highest BCUT2D eigenvalue weighted by molar-refractivity contribution is 7.92. The fourth-order valence-electron chi connectivity index (χ4n) is 3.22. The van der Waals surface area contributed by atoms with Gasteiger partial charge in [0, 0.05) is 17.7 Å². The molecule has 146 valence electrons. The Kier molecular flexibility index (Phi) is 5.14. The number of aryl methyl sites for hydroxylation is 1. The van der Waals surface area contributed by atoms with E-state index in [2.05, 4.69) is 14.9 Å². The standard InChI is InChI=1S/C22H20N4O2S/c1-2-26-16-23-24-22(26)19-13-6-8-14-20(19)25-29(27,28)21-15-9-7-12-18(21)17-10-4-3-5-11-17/h3-16,25H,2H2,1H3. The second-order valence-corrected chi connectivity index (χ2v) is 8.10. The lowest BCUT2D eigenvalue weighted by Gasteiger charge is -2.15. The molecule has 0 aliphatic carbocycles. The molecule has 0 amide bonds. The Hall–Kier alpha value is -3.45. The summed E-state index contributed by atoms with van der Waals surface area (Å²) >= 11 is 0. The summed E-state index contributed by atoms with van der Waals surface area (Å²) in [6.45, 7) is 2.66. The molecule has 1 heterocycles. The predicted molar refractivity (Wildman–Crippen MR) is 114 cm³/mol. The second kappa shape index (κ2) is 7.89. The van der Waals surface area contributed by atoms with Gasteiger partial charge in [0.2, 0.25) is 0 Å². The third kappa shape index (κ3) is 3.77. The van der Waals surface area contributed by atoms with Crippen molar-refractivity contribution in [1.82, 2.24) is 14.8 Å². The van der Waals surface area contributed by atoms with E-state index in [1.807, 2.05) is 66.1 Å². The first-order valence-corrected chi connectivity index (χ1v) is 10.7. The van der Waals surface area contributed by atoms with Gasteiger partial charge in [0.05, 0.1) is 10.6 Å². The summed E-state index contributed by atoms with van der Waals surface area (Å²) in [7, 11) is -3.83. The van der Waals surface area contributed by atoms with Crippen molar-refractivity contribution >= 4 is 15.7 Å². The van der Waals surface area contributed by atoms with Crippen molar-refractivity contribution in [2.75, 3.05) is 4.72 Å². The van der Waals surface area contributed by atoms with Crippen LogP contribution in [0.3, 0.4) is 0 Å². The monoisotopic (exact) mass is 404 g/mol. The molecule has 0 saturated heterocycles. The molecule has 0 aliphatic heterocycles. The number of benzene rings is 3. The van der Waals surface area contributed by atoms with Crippen molar-refractivity contribution in [3.63, 3.8) is 0 Å². The molecule has 4 aromatic rings. The number of hydrogen-bond acceptors (Lipinski definition) is 4. The van der Waals surface area contributed by atoms with Crippen molar-refractivity contribution in [1.29, 1.82) is 0 Å². The van der Waals surface area contributed by atoms with E-state index in [-0.39, 0.29) is 4.90 Å². The van der Waals surface area contributed by atoms with Crippen LogP contribution in [0.5, 0.6) is 0 Å². The lowest BCUT2D eigenvalue weighted by atomic mass is 10.1. The highest BCUT2D eigenvalue weighted by Crippen LogP contribution is 2.31. The van der Waals surface area contributed by atoms with Gasteiger partial charge in [-0.3, -0.25) is 4.72 Å². The summed E-state index contributed by atoms with van der Waals surface area (Å²) in [5, 5.41) is 8.12. The number of aromatic nitrogens is 3. The minimum Gasteiger partial charge on any atom is -0.314 e. The predicted octanol–water partition coefficient (Wildman–Crippen LogP) is 4.43.